The summed E-state index contributed by atoms with van der Waals surface area (Å²) in [4.78, 5) is 12.3. The second-order valence-corrected chi connectivity index (χ2v) is 7.20. The zero-order valence-electron chi connectivity index (χ0n) is 14.4. The van der Waals surface area contributed by atoms with Gasteiger partial charge in [0, 0.05) is 25.9 Å². The summed E-state index contributed by atoms with van der Waals surface area (Å²) in [6.07, 6.45) is 1.62. The zero-order chi connectivity index (χ0) is 17.3. The number of nitrogens with one attached hydrogen (secondary N) is 2. The molecule has 5 nitrogen and oxygen atoms in total. The van der Waals surface area contributed by atoms with Crippen molar-refractivity contribution in [2.75, 3.05) is 6.54 Å². The Balaban J connectivity index is 1.49. The molecule has 1 aliphatic rings. The van der Waals surface area contributed by atoms with Crippen molar-refractivity contribution in [2.45, 2.75) is 38.5 Å². The summed E-state index contributed by atoms with van der Waals surface area (Å²) in [7, 11) is 1.88. The lowest BCUT2D eigenvalue weighted by Gasteiger charge is -2.07. The van der Waals surface area contributed by atoms with E-state index in [4.69, 9.17) is 12.2 Å². The van der Waals surface area contributed by atoms with Crippen LogP contribution >= 0.6 is 12.2 Å². The van der Waals surface area contributed by atoms with Gasteiger partial charge in [0.2, 0.25) is 5.91 Å². The Morgan fingerprint density at radius 1 is 1.42 bits per heavy atom. The average Bonchev–Trinajstić information content (AvgIpc) is 3.31. The van der Waals surface area contributed by atoms with Crippen molar-refractivity contribution in [3.8, 4) is 0 Å². The maximum Gasteiger partial charge on any atom is 0.223 e. The van der Waals surface area contributed by atoms with Gasteiger partial charge in [-0.05, 0) is 41.6 Å². The number of hydrogen-bond acceptors (Lipinski definition) is 3. The molecule has 2 N–H and O–H groups in total. The van der Waals surface area contributed by atoms with Crippen LogP contribution in [0.5, 0.6) is 0 Å². The number of rotatable bonds is 6. The summed E-state index contributed by atoms with van der Waals surface area (Å²) in [5.41, 5.74) is 2.61. The van der Waals surface area contributed by atoms with Crippen molar-refractivity contribution in [1.29, 1.82) is 0 Å². The lowest BCUT2D eigenvalue weighted by Crippen LogP contribution is -2.28. The highest BCUT2D eigenvalue weighted by molar-refractivity contribution is 7.71. The smallest absolute Gasteiger partial charge is 0.223 e. The van der Waals surface area contributed by atoms with E-state index in [1.165, 1.54) is 11.1 Å². The Hall–Kier alpha value is -1.95. The van der Waals surface area contributed by atoms with Crippen LogP contribution in [-0.2, 0) is 18.3 Å². The Labute approximate surface area is 147 Å². The zero-order valence-corrected chi connectivity index (χ0v) is 15.2. The van der Waals surface area contributed by atoms with E-state index < -0.39 is 0 Å². The monoisotopic (exact) mass is 344 g/mol. The number of H-pyrrole nitrogens is 1. The molecule has 0 radical (unpaired) electrons. The quantitative estimate of drug-likeness (QED) is 0.792. The van der Waals surface area contributed by atoms with Gasteiger partial charge in [-0.25, -0.2) is 0 Å². The lowest BCUT2D eigenvalue weighted by atomic mass is 10.00. The third-order valence-electron chi connectivity index (χ3n) is 4.78. The maximum atomic E-state index is 12.3. The number of benzene rings is 1. The van der Waals surface area contributed by atoms with Crippen LogP contribution in [0.25, 0.3) is 0 Å². The topological polar surface area (TPSA) is 62.7 Å². The minimum Gasteiger partial charge on any atom is -0.355 e. The summed E-state index contributed by atoms with van der Waals surface area (Å²) >= 11 is 5.08. The molecule has 2 atom stereocenters. The minimum atomic E-state index is 0.109. The summed E-state index contributed by atoms with van der Waals surface area (Å²) in [5, 5.41) is 9.92. The molecule has 24 heavy (non-hydrogen) atoms. The number of carbonyl (C=O) groups excluding carboxylic acids is 1. The van der Waals surface area contributed by atoms with Crippen molar-refractivity contribution in [3.05, 3.63) is 46.0 Å². The molecular formula is C18H24N4OS. The normalized spacial score (nSPS) is 19.5. The van der Waals surface area contributed by atoms with Crippen LogP contribution in [0.3, 0.4) is 0 Å². The van der Waals surface area contributed by atoms with Gasteiger partial charge in [0.1, 0.15) is 5.82 Å². The van der Waals surface area contributed by atoms with Gasteiger partial charge < -0.3 is 9.88 Å². The van der Waals surface area contributed by atoms with Crippen LogP contribution < -0.4 is 5.32 Å². The van der Waals surface area contributed by atoms with Crippen molar-refractivity contribution < 1.29 is 4.79 Å². The first-order valence-corrected chi connectivity index (χ1v) is 8.86. The Morgan fingerprint density at radius 2 is 2.12 bits per heavy atom. The summed E-state index contributed by atoms with van der Waals surface area (Å²) < 4.78 is 2.43. The molecule has 0 saturated heterocycles. The van der Waals surface area contributed by atoms with Crippen LogP contribution in [0.4, 0.5) is 0 Å². The van der Waals surface area contributed by atoms with E-state index in [0.717, 1.165) is 12.2 Å². The standard InChI is InChI=1S/C18H24N4OS/c1-11(2)12-4-6-13(7-5-12)14-10-15(14)17(23)19-9-8-16-20-21-18(24)22(16)3/h4-7,11,14-15H,8-10H2,1-3H3,(H,19,23)(H,21,24)/t14-,15-/m0/s1. The fourth-order valence-corrected chi connectivity index (χ4v) is 3.16. The molecule has 1 fully saturated rings. The third-order valence-corrected chi connectivity index (χ3v) is 5.14. The number of aromatic nitrogens is 3. The van der Waals surface area contributed by atoms with E-state index in [2.05, 4.69) is 53.6 Å². The molecule has 3 rings (SSSR count). The van der Waals surface area contributed by atoms with Gasteiger partial charge in [-0.2, -0.15) is 5.10 Å². The van der Waals surface area contributed by atoms with Crippen LogP contribution in [0.15, 0.2) is 24.3 Å². The highest BCUT2D eigenvalue weighted by Gasteiger charge is 2.43. The fraction of sp³-hybridized carbons (Fsp3) is 0.500. The lowest BCUT2D eigenvalue weighted by molar-refractivity contribution is -0.122. The van der Waals surface area contributed by atoms with Gasteiger partial charge in [-0.1, -0.05) is 38.1 Å². The molecule has 6 heteroatoms. The van der Waals surface area contributed by atoms with E-state index in [1.807, 2.05) is 11.6 Å². The predicted molar refractivity (Wildman–Crippen MR) is 96.5 cm³/mol. The van der Waals surface area contributed by atoms with E-state index >= 15 is 0 Å². The average molecular weight is 344 g/mol. The van der Waals surface area contributed by atoms with E-state index in [0.29, 0.717) is 29.6 Å². The highest BCUT2D eigenvalue weighted by Crippen LogP contribution is 2.47. The minimum absolute atomic E-state index is 0.109. The number of carbonyl (C=O) groups is 1. The van der Waals surface area contributed by atoms with Crippen LogP contribution in [-0.4, -0.2) is 27.2 Å². The van der Waals surface area contributed by atoms with Gasteiger partial charge in [-0.15, -0.1) is 0 Å². The molecule has 1 aromatic heterocycles. The number of hydrogen-bond donors (Lipinski definition) is 2. The maximum absolute atomic E-state index is 12.3. The van der Waals surface area contributed by atoms with Crippen LogP contribution in [0.2, 0.25) is 0 Å². The first-order chi connectivity index (χ1) is 11.5. The van der Waals surface area contributed by atoms with Gasteiger partial charge in [0.15, 0.2) is 4.77 Å². The number of aromatic amines is 1. The Bertz CT molecular complexity index is 775. The Kier molecular flexibility index (Phi) is 4.85. The van der Waals surface area contributed by atoms with E-state index in [1.54, 1.807) is 0 Å². The van der Waals surface area contributed by atoms with Crippen LogP contribution in [0.1, 0.15) is 49.1 Å². The second-order valence-electron chi connectivity index (χ2n) is 6.82. The van der Waals surface area contributed by atoms with Crippen molar-refractivity contribution in [1.82, 2.24) is 20.1 Å². The molecule has 1 saturated carbocycles. The molecule has 0 bridgehead atoms. The third kappa shape index (κ3) is 3.59. The summed E-state index contributed by atoms with van der Waals surface area (Å²) in [6.45, 7) is 4.97. The fourth-order valence-electron chi connectivity index (χ4n) is 3.01. The molecule has 1 aromatic carbocycles. The highest BCUT2D eigenvalue weighted by atomic mass is 32.1. The van der Waals surface area contributed by atoms with Gasteiger partial charge in [-0.3, -0.25) is 9.89 Å². The first kappa shape index (κ1) is 16.9. The van der Waals surface area contributed by atoms with Gasteiger partial charge in [0.25, 0.3) is 0 Å². The van der Waals surface area contributed by atoms with Crippen molar-refractivity contribution >= 4 is 18.1 Å². The largest absolute Gasteiger partial charge is 0.355 e. The Morgan fingerprint density at radius 3 is 2.71 bits per heavy atom. The number of nitrogens with zero attached hydrogens (tertiary/aromatic N) is 2. The number of amides is 1. The summed E-state index contributed by atoms with van der Waals surface area (Å²) in [5.74, 6) is 2.02. The SMILES string of the molecule is CC(C)c1ccc([C@@H]2C[C@@H]2C(=O)NCCc2n[nH]c(=S)n2C)cc1. The molecule has 0 unspecified atom stereocenters. The molecule has 2 aromatic rings. The molecule has 1 amide bonds. The molecule has 0 aliphatic heterocycles. The van der Waals surface area contributed by atoms with Gasteiger partial charge >= 0.3 is 0 Å². The predicted octanol–water partition coefficient (Wildman–Crippen LogP) is 3.06. The molecule has 128 valence electrons. The van der Waals surface area contributed by atoms with Gasteiger partial charge in [0.05, 0.1) is 0 Å². The summed E-state index contributed by atoms with van der Waals surface area (Å²) in [6, 6.07) is 8.69. The molecular weight excluding hydrogens is 320 g/mol. The first-order valence-electron chi connectivity index (χ1n) is 8.45. The molecule has 1 heterocycles. The van der Waals surface area contributed by atoms with E-state index in [-0.39, 0.29) is 11.8 Å². The van der Waals surface area contributed by atoms with Crippen molar-refractivity contribution in [2.24, 2.45) is 13.0 Å². The molecule has 1 aliphatic carbocycles. The van der Waals surface area contributed by atoms with E-state index in [9.17, 15) is 4.79 Å². The molecule has 0 spiro atoms. The van der Waals surface area contributed by atoms with Crippen LogP contribution in [0, 0.1) is 10.7 Å². The van der Waals surface area contributed by atoms with Crippen molar-refractivity contribution in [3.63, 3.8) is 0 Å². The second kappa shape index (κ2) is 6.89.